The van der Waals surface area contributed by atoms with Crippen LogP contribution in [0.3, 0.4) is 0 Å². The average molecular weight is 488 g/mol. The number of hydrogen-bond acceptors (Lipinski definition) is 6. The van der Waals surface area contributed by atoms with E-state index in [0.29, 0.717) is 19.1 Å². The number of piperidine rings is 1. The second kappa shape index (κ2) is 11.4. The molecule has 6 heteroatoms. The lowest BCUT2D eigenvalue weighted by molar-refractivity contribution is -0.113. The summed E-state index contributed by atoms with van der Waals surface area (Å²) in [6, 6.07) is 17.4. The summed E-state index contributed by atoms with van der Waals surface area (Å²) in [6.45, 7) is 12.5. The highest BCUT2D eigenvalue weighted by atomic mass is 16.5. The maximum Gasteiger partial charge on any atom is 0.187 e. The Morgan fingerprint density at radius 2 is 1.06 bits per heavy atom. The van der Waals surface area contributed by atoms with Gasteiger partial charge in [-0.1, -0.05) is 24.3 Å². The normalized spacial score (nSPS) is 22.1. The van der Waals surface area contributed by atoms with Crippen LogP contribution in [-0.2, 0) is 14.3 Å². The van der Waals surface area contributed by atoms with Gasteiger partial charge in [0.25, 0.3) is 0 Å². The van der Waals surface area contributed by atoms with Crippen molar-refractivity contribution in [3.63, 3.8) is 0 Å². The number of morpholine rings is 2. The quantitative estimate of drug-likeness (QED) is 0.592. The maximum absolute atomic E-state index is 13.5. The van der Waals surface area contributed by atoms with E-state index in [-0.39, 0.29) is 5.78 Å². The van der Waals surface area contributed by atoms with Gasteiger partial charge >= 0.3 is 0 Å². The number of anilines is 2. The molecule has 190 valence electrons. The van der Waals surface area contributed by atoms with Crippen molar-refractivity contribution < 1.29 is 14.3 Å². The fraction of sp³-hybridized carbons (Fsp3) is 0.433. The van der Waals surface area contributed by atoms with Crippen molar-refractivity contribution in [2.24, 2.45) is 0 Å². The fourth-order valence-electron chi connectivity index (χ4n) is 5.04. The van der Waals surface area contributed by atoms with Crippen molar-refractivity contribution >= 4 is 29.3 Å². The molecule has 0 radical (unpaired) electrons. The summed E-state index contributed by atoms with van der Waals surface area (Å²) >= 11 is 0. The van der Waals surface area contributed by atoms with Crippen LogP contribution in [0, 0.1) is 0 Å². The molecule has 0 aliphatic carbocycles. The Morgan fingerprint density at radius 1 is 0.667 bits per heavy atom. The Balaban J connectivity index is 1.35. The molecule has 0 saturated carbocycles. The van der Waals surface area contributed by atoms with Crippen molar-refractivity contribution in [1.82, 2.24) is 4.90 Å². The third-order valence-electron chi connectivity index (χ3n) is 7.28. The third kappa shape index (κ3) is 5.89. The van der Waals surface area contributed by atoms with Crippen LogP contribution >= 0.6 is 0 Å². The molecule has 3 aliphatic rings. The summed E-state index contributed by atoms with van der Waals surface area (Å²) in [4.78, 5) is 20.6. The summed E-state index contributed by atoms with van der Waals surface area (Å²) in [6.07, 6.45) is 4.13. The summed E-state index contributed by atoms with van der Waals surface area (Å²) < 4.78 is 10.9. The molecule has 5 rings (SSSR count). The highest BCUT2D eigenvalue weighted by molar-refractivity contribution is 6.14. The SMILES string of the molecule is CC(C)N1CC(=Cc2ccc(N3CCOCC3)cc2)C(=O)C(=Cc2ccc(N3CCOCC3)cc2)C1. The van der Waals surface area contributed by atoms with E-state index in [9.17, 15) is 4.79 Å². The number of ether oxygens (including phenoxy) is 2. The highest BCUT2D eigenvalue weighted by Crippen LogP contribution is 2.26. The maximum atomic E-state index is 13.5. The number of rotatable bonds is 5. The first-order valence-corrected chi connectivity index (χ1v) is 13.1. The molecular formula is C30H37N3O3. The van der Waals surface area contributed by atoms with Gasteiger partial charge in [-0.25, -0.2) is 0 Å². The minimum atomic E-state index is 0.154. The van der Waals surface area contributed by atoms with Gasteiger partial charge in [0.1, 0.15) is 0 Å². The zero-order chi connectivity index (χ0) is 24.9. The van der Waals surface area contributed by atoms with E-state index in [1.807, 2.05) is 0 Å². The van der Waals surface area contributed by atoms with Crippen molar-refractivity contribution in [2.75, 3.05) is 75.5 Å². The lowest BCUT2D eigenvalue weighted by atomic mass is 9.93. The Labute approximate surface area is 214 Å². The molecule has 0 bridgehead atoms. The molecule has 0 unspecified atom stereocenters. The summed E-state index contributed by atoms with van der Waals surface area (Å²) in [7, 11) is 0. The Bertz CT molecular complexity index is 1010. The van der Waals surface area contributed by atoms with Crippen LogP contribution in [-0.4, -0.2) is 82.4 Å². The lowest BCUT2D eigenvalue weighted by Gasteiger charge is -2.33. The van der Waals surface area contributed by atoms with Crippen LogP contribution in [0.4, 0.5) is 11.4 Å². The van der Waals surface area contributed by atoms with Crippen molar-refractivity contribution in [3.8, 4) is 0 Å². The van der Waals surface area contributed by atoms with Crippen molar-refractivity contribution in [1.29, 1.82) is 0 Å². The first-order valence-electron chi connectivity index (χ1n) is 13.1. The molecule has 3 fully saturated rings. The molecule has 36 heavy (non-hydrogen) atoms. The molecule has 3 saturated heterocycles. The zero-order valence-corrected chi connectivity index (χ0v) is 21.5. The highest BCUT2D eigenvalue weighted by Gasteiger charge is 2.27. The van der Waals surface area contributed by atoms with E-state index in [1.165, 1.54) is 11.4 Å². The van der Waals surface area contributed by atoms with Crippen LogP contribution in [0.15, 0.2) is 59.7 Å². The van der Waals surface area contributed by atoms with Crippen LogP contribution in [0.2, 0.25) is 0 Å². The smallest absolute Gasteiger partial charge is 0.187 e. The molecule has 0 spiro atoms. The van der Waals surface area contributed by atoms with Gasteiger partial charge in [0.05, 0.1) is 26.4 Å². The van der Waals surface area contributed by atoms with Crippen molar-refractivity contribution in [3.05, 3.63) is 70.8 Å². The predicted molar refractivity (Wildman–Crippen MR) is 147 cm³/mol. The molecule has 3 heterocycles. The number of benzene rings is 2. The van der Waals surface area contributed by atoms with Gasteiger partial charge in [0.2, 0.25) is 0 Å². The van der Waals surface area contributed by atoms with E-state index < -0.39 is 0 Å². The number of carbonyl (C=O) groups is 1. The molecule has 0 aromatic heterocycles. The largest absolute Gasteiger partial charge is 0.378 e. The molecule has 3 aliphatic heterocycles. The monoisotopic (exact) mass is 487 g/mol. The predicted octanol–water partition coefficient (Wildman–Crippen LogP) is 4.12. The van der Waals surface area contributed by atoms with Crippen molar-refractivity contribution in [2.45, 2.75) is 19.9 Å². The van der Waals surface area contributed by atoms with Gasteiger partial charge < -0.3 is 19.3 Å². The number of hydrogen-bond donors (Lipinski definition) is 0. The third-order valence-corrected chi connectivity index (χ3v) is 7.28. The van der Waals surface area contributed by atoms with Crippen LogP contribution in [0.1, 0.15) is 25.0 Å². The first-order chi connectivity index (χ1) is 17.6. The molecule has 6 nitrogen and oxygen atoms in total. The van der Waals surface area contributed by atoms with E-state index >= 15 is 0 Å². The first kappa shape index (κ1) is 24.8. The topological polar surface area (TPSA) is 45.2 Å². The average Bonchev–Trinajstić information content (AvgIpc) is 2.92. The van der Waals surface area contributed by atoms with Crippen LogP contribution in [0.5, 0.6) is 0 Å². The summed E-state index contributed by atoms with van der Waals surface area (Å²) in [5.41, 5.74) is 6.25. The Morgan fingerprint density at radius 3 is 1.42 bits per heavy atom. The zero-order valence-electron chi connectivity index (χ0n) is 21.5. The van der Waals surface area contributed by atoms with Crippen LogP contribution in [0.25, 0.3) is 12.2 Å². The minimum Gasteiger partial charge on any atom is -0.378 e. The Kier molecular flexibility index (Phi) is 7.85. The van der Waals surface area contributed by atoms with E-state index in [1.54, 1.807) is 0 Å². The Hall–Kier alpha value is -2.93. The van der Waals surface area contributed by atoms with E-state index in [4.69, 9.17) is 9.47 Å². The van der Waals surface area contributed by atoms with Gasteiger partial charge in [-0.3, -0.25) is 9.69 Å². The van der Waals surface area contributed by atoms with E-state index in [2.05, 4.69) is 89.2 Å². The molecule has 0 N–H and O–H groups in total. The minimum absolute atomic E-state index is 0.154. The van der Waals surface area contributed by atoms with E-state index in [0.717, 1.165) is 74.9 Å². The number of ketones is 1. The lowest BCUT2D eigenvalue weighted by Crippen LogP contribution is -2.41. The molecule has 0 amide bonds. The second-order valence-electron chi connectivity index (χ2n) is 10.0. The standard InChI is InChI=1S/C30H37N3O3/c1-23(2)33-21-26(19-24-3-7-28(8-4-24)31-11-15-35-16-12-31)30(34)27(22-33)20-25-5-9-29(10-6-25)32-13-17-36-18-14-32/h3-10,19-20,23H,11-18,21-22H2,1-2H3. The van der Waals surface area contributed by atoms with Gasteiger partial charge in [-0.2, -0.15) is 0 Å². The number of nitrogens with zero attached hydrogens (tertiary/aromatic N) is 3. The molecule has 2 aromatic carbocycles. The van der Waals surface area contributed by atoms with Crippen LogP contribution < -0.4 is 9.80 Å². The van der Waals surface area contributed by atoms with Gasteiger partial charge in [0.15, 0.2) is 5.78 Å². The summed E-state index contributed by atoms with van der Waals surface area (Å²) in [5, 5.41) is 0. The van der Waals surface area contributed by atoms with Gasteiger partial charge in [0, 0.05) is 67.8 Å². The second-order valence-corrected chi connectivity index (χ2v) is 10.0. The van der Waals surface area contributed by atoms with Gasteiger partial charge in [-0.05, 0) is 61.4 Å². The number of likely N-dealkylation sites (tertiary alicyclic amines) is 1. The molecular weight excluding hydrogens is 450 g/mol. The molecule has 0 atom stereocenters. The number of carbonyl (C=O) groups excluding carboxylic acids is 1. The number of Topliss-reactive ketones (excluding diaryl/α,β-unsaturated/α-hetero) is 1. The molecule has 2 aromatic rings. The fourth-order valence-corrected chi connectivity index (χ4v) is 5.04. The summed E-state index contributed by atoms with van der Waals surface area (Å²) in [5.74, 6) is 0.154. The van der Waals surface area contributed by atoms with Gasteiger partial charge in [-0.15, -0.1) is 0 Å².